The van der Waals surface area contributed by atoms with Gasteiger partial charge in [0, 0.05) is 13.0 Å². The molecule has 0 aliphatic carbocycles. The van der Waals surface area contributed by atoms with Gasteiger partial charge in [-0.1, -0.05) is 17.7 Å². The van der Waals surface area contributed by atoms with Gasteiger partial charge < -0.3 is 14.8 Å². The zero-order valence-corrected chi connectivity index (χ0v) is 10.3. The topological polar surface area (TPSA) is 62.5 Å². The van der Waals surface area contributed by atoms with Gasteiger partial charge in [-0.15, -0.1) is 0 Å². The van der Waals surface area contributed by atoms with Crippen LogP contribution in [0.4, 0.5) is 5.69 Å². The van der Waals surface area contributed by atoms with Gasteiger partial charge in [0.25, 0.3) is 0 Å². The summed E-state index contributed by atoms with van der Waals surface area (Å²) in [4.78, 5) is 11.1. The Balaban J connectivity index is 2.05. The van der Waals surface area contributed by atoms with E-state index in [9.17, 15) is 4.79 Å². The van der Waals surface area contributed by atoms with Crippen LogP contribution >= 0.6 is 11.6 Å². The number of rotatable bonds is 5. The van der Waals surface area contributed by atoms with Gasteiger partial charge >= 0.3 is 5.97 Å². The Hall–Kier alpha value is -1.94. The first-order chi connectivity index (χ1) is 8.68. The minimum Gasteiger partial charge on any atom is -0.478 e. The third-order valence-electron chi connectivity index (χ3n) is 2.49. The summed E-state index contributed by atoms with van der Waals surface area (Å²) >= 11 is 5.86. The van der Waals surface area contributed by atoms with Gasteiger partial charge in [0.2, 0.25) is 0 Å². The largest absolute Gasteiger partial charge is 0.478 e. The molecule has 0 radical (unpaired) electrons. The smallest absolute Gasteiger partial charge is 0.339 e. The van der Waals surface area contributed by atoms with E-state index in [1.165, 1.54) is 0 Å². The number of carbonyl (C=O) groups is 1. The lowest BCUT2D eigenvalue weighted by Crippen LogP contribution is -2.09. The molecule has 0 saturated heterocycles. The highest BCUT2D eigenvalue weighted by Crippen LogP contribution is 2.24. The van der Waals surface area contributed by atoms with E-state index in [-0.39, 0.29) is 10.6 Å². The number of carboxylic acid groups (broad SMARTS) is 1. The molecule has 0 aliphatic rings. The van der Waals surface area contributed by atoms with Gasteiger partial charge in [-0.05, 0) is 24.3 Å². The minimum atomic E-state index is -1.04. The average molecular weight is 266 g/mol. The van der Waals surface area contributed by atoms with Crippen LogP contribution in [0, 0.1) is 0 Å². The van der Waals surface area contributed by atoms with E-state index in [0.717, 1.165) is 5.76 Å². The fourth-order valence-corrected chi connectivity index (χ4v) is 1.92. The fraction of sp³-hybridized carbons (Fsp3) is 0.154. The van der Waals surface area contributed by atoms with Crippen molar-refractivity contribution in [1.29, 1.82) is 0 Å². The molecule has 1 heterocycles. The number of benzene rings is 1. The van der Waals surface area contributed by atoms with Gasteiger partial charge in [0.1, 0.15) is 11.3 Å². The molecule has 0 unspecified atom stereocenters. The molecule has 4 nitrogen and oxygen atoms in total. The Labute approximate surface area is 109 Å². The summed E-state index contributed by atoms with van der Waals surface area (Å²) in [5.41, 5.74) is 0.611. The molecule has 1 aromatic heterocycles. The molecule has 5 heteroatoms. The summed E-state index contributed by atoms with van der Waals surface area (Å²) in [7, 11) is 0. The van der Waals surface area contributed by atoms with Gasteiger partial charge in [-0.2, -0.15) is 0 Å². The molecule has 0 atom stereocenters. The van der Waals surface area contributed by atoms with Crippen molar-refractivity contribution in [3.05, 3.63) is 52.9 Å². The Kier molecular flexibility index (Phi) is 3.89. The Morgan fingerprint density at radius 1 is 1.33 bits per heavy atom. The number of carboxylic acids is 1. The summed E-state index contributed by atoms with van der Waals surface area (Å²) < 4.78 is 5.19. The molecule has 94 valence electrons. The lowest BCUT2D eigenvalue weighted by molar-refractivity contribution is 0.0698. The van der Waals surface area contributed by atoms with Crippen LogP contribution in [-0.2, 0) is 6.42 Å². The normalized spacial score (nSPS) is 10.3. The summed E-state index contributed by atoms with van der Waals surface area (Å²) in [6, 6.07) is 8.65. The summed E-state index contributed by atoms with van der Waals surface area (Å²) in [5.74, 6) is -0.192. The van der Waals surface area contributed by atoms with Crippen molar-refractivity contribution in [2.75, 3.05) is 11.9 Å². The predicted molar refractivity (Wildman–Crippen MR) is 69.3 cm³/mol. The zero-order chi connectivity index (χ0) is 13.0. The van der Waals surface area contributed by atoms with Crippen molar-refractivity contribution in [2.24, 2.45) is 0 Å². The lowest BCUT2D eigenvalue weighted by atomic mass is 10.1. The maximum absolute atomic E-state index is 11.1. The van der Waals surface area contributed by atoms with Gasteiger partial charge in [-0.3, -0.25) is 0 Å². The number of hydrogen-bond donors (Lipinski definition) is 2. The molecule has 1 aromatic carbocycles. The number of furan rings is 1. The highest BCUT2D eigenvalue weighted by Gasteiger charge is 2.13. The number of aromatic carboxylic acids is 1. The Bertz CT molecular complexity index is 537. The first kappa shape index (κ1) is 12.5. The first-order valence-corrected chi connectivity index (χ1v) is 5.84. The maximum Gasteiger partial charge on any atom is 0.339 e. The van der Waals surface area contributed by atoms with E-state index >= 15 is 0 Å². The van der Waals surface area contributed by atoms with Crippen LogP contribution < -0.4 is 5.32 Å². The molecule has 2 aromatic rings. The van der Waals surface area contributed by atoms with E-state index in [4.69, 9.17) is 21.1 Å². The second-order valence-electron chi connectivity index (χ2n) is 3.72. The predicted octanol–water partition coefficient (Wildman–Crippen LogP) is 3.29. The van der Waals surface area contributed by atoms with Gasteiger partial charge in [0.15, 0.2) is 0 Å². The van der Waals surface area contributed by atoms with E-state index in [2.05, 4.69) is 5.32 Å². The molecular formula is C13H12ClNO3. The molecule has 2 rings (SSSR count). The van der Waals surface area contributed by atoms with Crippen molar-refractivity contribution in [3.63, 3.8) is 0 Å². The minimum absolute atomic E-state index is 0.0959. The molecule has 0 bridgehead atoms. The standard InChI is InChI=1S/C13H12ClNO3/c14-10-4-1-5-11(12(10)13(16)17)15-7-6-9-3-2-8-18-9/h1-5,8,15H,6-7H2,(H,16,17). The average Bonchev–Trinajstić information content (AvgIpc) is 2.81. The third-order valence-corrected chi connectivity index (χ3v) is 2.81. The van der Waals surface area contributed by atoms with Crippen molar-refractivity contribution >= 4 is 23.3 Å². The molecule has 18 heavy (non-hydrogen) atoms. The third kappa shape index (κ3) is 2.84. The molecule has 0 amide bonds. The molecular weight excluding hydrogens is 254 g/mol. The van der Waals surface area contributed by atoms with Crippen LogP contribution in [0.2, 0.25) is 5.02 Å². The SMILES string of the molecule is O=C(O)c1c(Cl)cccc1NCCc1ccco1. The van der Waals surface area contributed by atoms with E-state index in [1.807, 2.05) is 12.1 Å². The maximum atomic E-state index is 11.1. The fourth-order valence-electron chi connectivity index (χ4n) is 1.66. The molecule has 0 spiro atoms. The highest BCUT2D eigenvalue weighted by molar-refractivity contribution is 6.34. The molecule has 0 saturated carbocycles. The summed E-state index contributed by atoms with van der Waals surface area (Å²) in [5, 5.41) is 12.4. The van der Waals surface area contributed by atoms with Crippen LogP contribution in [0.25, 0.3) is 0 Å². The summed E-state index contributed by atoms with van der Waals surface area (Å²) in [6.45, 7) is 0.578. The van der Waals surface area contributed by atoms with Crippen molar-refractivity contribution < 1.29 is 14.3 Å². The Morgan fingerprint density at radius 3 is 2.83 bits per heavy atom. The van der Waals surface area contributed by atoms with E-state index in [1.54, 1.807) is 24.5 Å². The number of nitrogens with one attached hydrogen (secondary N) is 1. The van der Waals surface area contributed by atoms with Crippen LogP contribution in [0.3, 0.4) is 0 Å². The van der Waals surface area contributed by atoms with Gasteiger partial charge in [0.05, 0.1) is 17.0 Å². The second-order valence-corrected chi connectivity index (χ2v) is 4.13. The first-order valence-electron chi connectivity index (χ1n) is 5.46. The Morgan fingerprint density at radius 2 is 2.17 bits per heavy atom. The van der Waals surface area contributed by atoms with Crippen LogP contribution in [0.1, 0.15) is 16.1 Å². The van der Waals surface area contributed by atoms with Crippen molar-refractivity contribution in [3.8, 4) is 0 Å². The van der Waals surface area contributed by atoms with Crippen molar-refractivity contribution in [1.82, 2.24) is 0 Å². The van der Waals surface area contributed by atoms with Crippen LogP contribution in [0.15, 0.2) is 41.0 Å². The second kappa shape index (κ2) is 5.60. The summed E-state index contributed by atoms with van der Waals surface area (Å²) in [6.07, 6.45) is 2.29. The molecule has 0 aliphatic heterocycles. The van der Waals surface area contributed by atoms with E-state index in [0.29, 0.717) is 18.7 Å². The van der Waals surface area contributed by atoms with Gasteiger partial charge in [-0.25, -0.2) is 4.79 Å². The van der Waals surface area contributed by atoms with Crippen LogP contribution in [0.5, 0.6) is 0 Å². The van der Waals surface area contributed by atoms with Crippen LogP contribution in [-0.4, -0.2) is 17.6 Å². The number of halogens is 1. The number of anilines is 1. The van der Waals surface area contributed by atoms with E-state index < -0.39 is 5.97 Å². The lowest BCUT2D eigenvalue weighted by Gasteiger charge is -2.09. The molecule has 2 N–H and O–H groups in total. The number of hydrogen-bond acceptors (Lipinski definition) is 3. The monoisotopic (exact) mass is 265 g/mol. The highest BCUT2D eigenvalue weighted by atomic mass is 35.5. The van der Waals surface area contributed by atoms with Crippen molar-refractivity contribution in [2.45, 2.75) is 6.42 Å². The molecule has 0 fully saturated rings. The quantitative estimate of drug-likeness (QED) is 0.871. The zero-order valence-electron chi connectivity index (χ0n) is 9.52.